The molecule has 28 heavy (non-hydrogen) atoms. The Morgan fingerprint density at radius 1 is 1.07 bits per heavy atom. The third-order valence-electron chi connectivity index (χ3n) is 5.47. The minimum absolute atomic E-state index is 0.0223. The topological polar surface area (TPSA) is 67.7 Å². The van der Waals surface area contributed by atoms with Gasteiger partial charge in [-0.15, -0.1) is 0 Å². The number of urea groups is 1. The van der Waals surface area contributed by atoms with Crippen LogP contribution in [0.15, 0.2) is 48.5 Å². The lowest BCUT2D eigenvalue weighted by molar-refractivity contribution is 0.0617. The van der Waals surface area contributed by atoms with Crippen LogP contribution in [0.25, 0.3) is 0 Å². The third-order valence-corrected chi connectivity index (χ3v) is 5.47. The van der Waals surface area contributed by atoms with Crippen molar-refractivity contribution in [2.45, 2.75) is 19.5 Å². The van der Waals surface area contributed by atoms with Gasteiger partial charge in [-0.25, -0.2) is 4.79 Å². The number of hydrogen-bond donors (Lipinski definition) is 0. The van der Waals surface area contributed by atoms with Gasteiger partial charge in [0.05, 0.1) is 17.7 Å². The Hall–Kier alpha value is -3.33. The minimum Gasteiger partial charge on any atom is -0.335 e. The SMILES string of the molecule is Cc1ccc(CN2C[C@H]3CN(C(=O)c4ccc(C#N)cc4)CCN3C2=O)cc1. The molecule has 4 rings (SSSR count). The molecule has 2 aromatic rings. The van der Waals surface area contributed by atoms with Gasteiger partial charge >= 0.3 is 6.03 Å². The molecule has 2 saturated heterocycles. The first-order chi connectivity index (χ1) is 13.5. The number of aryl methyl sites for hydroxylation is 1. The van der Waals surface area contributed by atoms with Gasteiger partial charge in [0.15, 0.2) is 0 Å². The molecule has 0 aromatic heterocycles. The molecule has 2 heterocycles. The fourth-order valence-electron chi connectivity index (χ4n) is 3.88. The molecule has 2 fully saturated rings. The van der Waals surface area contributed by atoms with E-state index in [2.05, 4.69) is 30.3 Å². The Balaban J connectivity index is 1.42. The number of rotatable bonds is 3. The molecule has 6 nitrogen and oxygen atoms in total. The van der Waals surface area contributed by atoms with E-state index in [1.165, 1.54) is 5.56 Å². The van der Waals surface area contributed by atoms with E-state index in [0.29, 0.717) is 43.9 Å². The molecule has 2 aliphatic rings. The molecule has 0 aliphatic carbocycles. The Labute approximate surface area is 164 Å². The number of carbonyl (C=O) groups excluding carboxylic acids is 2. The van der Waals surface area contributed by atoms with Crippen LogP contribution in [-0.2, 0) is 6.54 Å². The van der Waals surface area contributed by atoms with E-state index in [0.717, 1.165) is 5.56 Å². The zero-order valence-corrected chi connectivity index (χ0v) is 15.8. The van der Waals surface area contributed by atoms with Gasteiger partial charge in [0, 0.05) is 38.3 Å². The molecule has 0 saturated carbocycles. The number of nitriles is 1. The van der Waals surface area contributed by atoms with Crippen LogP contribution < -0.4 is 0 Å². The highest BCUT2D eigenvalue weighted by molar-refractivity contribution is 5.94. The molecule has 1 atom stereocenters. The van der Waals surface area contributed by atoms with E-state index in [1.54, 1.807) is 24.3 Å². The minimum atomic E-state index is -0.0476. The lowest BCUT2D eigenvalue weighted by atomic mass is 10.1. The van der Waals surface area contributed by atoms with Gasteiger partial charge < -0.3 is 14.7 Å². The van der Waals surface area contributed by atoms with Gasteiger partial charge in [-0.1, -0.05) is 29.8 Å². The molecule has 6 heteroatoms. The summed E-state index contributed by atoms with van der Waals surface area (Å²) in [5, 5.41) is 8.90. The normalized spacial score (nSPS) is 18.8. The van der Waals surface area contributed by atoms with Crippen LogP contribution in [0.5, 0.6) is 0 Å². The van der Waals surface area contributed by atoms with Crippen molar-refractivity contribution in [2.24, 2.45) is 0 Å². The second-order valence-electron chi connectivity index (χ2n) is 7.44. The largest absolute Gasteiger partial charge is 0.335 e. The van der Waals surface area contributed by atoms with Crippen LogP contribution >= 0.6 is 0 Å². The first kappa shape index (κ1) is 18.1. The number of hydrogen-bond acceptors (Lipinski definition) is 3. The van der Waals surface area contributed by atoms with E-state index in [4.69, 9.17) is 5.26 Å². The fraction of sp³-hybridized carbons (Fsp3) is 0.318. The maximum atomic E-state index is 12.8. The Kier molecular flexibility index (Phi) is 4.74. The Morgan fingerprint density at radius 2 is 1.79 bits per heavy atom. The average Bonchev–Trinajstić information content (AvgIpc) is 3.04. The molecular formula is C22H22N4O2. The van der Waals surface area contributed by atoms with Crippen LogP contribution in [0.2, 0.25) is 0 Å². The van der Waals surface area contributed by atoms with E-state index in [-0.39, 0.29) is 18.0 Å². The molecule has 0 bridgehead atoms. The van der Waals surface area contributed by atoms with Gasteiger partial charge in [0.2, 0.25) is 0 Å². The molecule has 0 radical (unpaired) electrons. The maximum Gasteiger partial charge on any atom is 0.320 e. The summed E-state index contributed by atoms with van der Waals surface area (Å²) in [5.41, 5.74) is 3.43. The predicted octanol–water partition coefficient (Wildman–Crippen LogP) is 2.63. The lowest BCUT2D eigenvalue weighted by Crippen LogP contribution is -2.53. The second kappa shape index (κ2) is 7.35. The van der Waals surface area contributed by atoms with Crippen LogP contribution in [0.3, 0.4) is 0 Å². The van der Waals surface area contributed by atoms with Crippen molar-refractivity contribution in [3.05, 3.63) is 70.8 Å². The summed E-state index contributed by atoms with van der Waals surface area (Å²) in [6.45, 7) is 4.88. The molecule has 2 aliphatic heterocycles. The second-order valence-corrected chi connectivity index (χ2v) is 7.44. The number of benzene rings is 2. The highest BCUT2D eigenvalue weighted by Gasteiger charge is 2.41. The first-order valence-corrected chi connectivity index (χ1v) is 9.45. The summed E-state index contributed by atoms with van der Waals surface area (Å²) in [4.78, 5) is 31.1. The quantitative estimate of drug-likeness (QED) is 0.829. The highest BCUT2D eigenvalue weighted by Crippen LogP contribution is 2.23. The first-order valence-electron chi connectivity index (χ1n) is 9.45. The predicted molar refractivity (Wildman–Crippen MR) is 105 cm³/mol. The van der Waals surface area contributed by atoms with Crippen molar-refractivity contribution in [3.8, 4) is 6.07 Å². The van der Waals surface area contributed by atoms with Crippen LogP contribution in [0.4, 0.5) is 4.79 Å². The van der Waals surface area contributed by atoms with Crippen molar-refractivity contribution in [1.29, 1.82) is 5.26 Å². The van der Waals surface area contributed by atoms with Crippen LogP contribution in [-0.4, -0.2) is 58.9 Å². The number of fused-ring (bicyclic) bond motifs is 1. The zero-order valence-electron chi connectivity index (χ0n) is 15.8. The smallest absolute Gasteiger partial charge is 0.320 e. The van der Waals surface area contributed by atoms with Crippen molar-refractivity contribution in [1.82, 2.24) is 14.7 Å². The molecule has 0 spiro atoms. The summed E-state index contributed by atoms with van der Waals surface area (Å²) in [7, 11) is 0. The van der Waals surface area contributed by atoms with Crippen molar-refractivity contribution in [2.75, 3.05) is 26.2 Å². The molecular weight excluding hydrogens is 352 g/mol. The van der Waals surface area contributed by atoms with E-state index in [9.17, 15) is 9.59 Å². The third kappa shape index (κ3) is 3.44. The number of carbonyl (C=O) groups is 2. The standard InChI is InChI=1S/C22H22N4O2/c1-16-2-4-18(5-3-16)13-25-15-20-14-24(10-11-26(20)22(25)28)21(27)19-8-6-17(12-23)7-9-19/h2-9,20H,10-11,13-15H2,1H3/t20-/m1/s1. The zero-order chi connectivity index (χ0) is 19.7. The number of piperazine rings is 1. The van der Waals surface area contributed by atoms with Gasteiger partial charge in [-0.05, 0) is 36.8 Å². The van der Waals surface area contributed by atoms with Crippen molar-refractivity contribution < 1.29 is 9.59 Å². The van der Waals surface area contributed by atoms with E-state index in [1.807, 2.05) is 21.6 Å². The molecule has 2 aromatic carbocycles. The maximum absolute atomic E-state index is 12.8. The summed E-state index contributed by atoms with van der Waals surface area (Å²) in [5.74, 6) is -0.0476. The summed E-state index contributed by atoms with van der Waals surface area (Å²) < 4.78 is 0. The Bertz CT molecular complexity index is 931. The molecule has 0 N–H and O–H groups in total. The lowest BCUT2D eigenvalue weighted by Gasteiger charge is -2.36. The Morgan fingerprint density at radius 3 is 2.46 bits per heavy atom. The van der Waals surface area contributed by atoms with Gasteiger partial charge in [0.1, 0.15) is 0 Å². The molecule has 142 valence electrons. The monoisotopic (exact) mass is 374 g/mol. The number of amides is 3. The van der Waals surface area contributed by atoms with Crippen LogP contribution in [0, 0.1) is 18.3 Å². The van der Waals surface area contributed by atoms with Crippen molar-refractivity contribution >= 4 is 11.9 Å². The number of nitrogens with zero attached hydrogens (tertiary/aromatic N) is 4. The fourth-order valence-corrected chi connectivity index (χ4v) is 3.88. The van der Waals surface area contributed by atoms with E-state index >= 15 is 0 Å². The summed E-state index contributed by atoms with van der Waals surface area (Å²) in [6.07, 6.45) is 0. The van der Waals surface area contributed by atoms with Crippen molar-refractivity contribution in [3.63, 3.8) is 0 Å². The van der Waals surface area contributed by atoms with Gasteiger partial charge in [0.25, 0.3) is 5.91 Å². The van der Waals surface area contributed by atoms with Gasteiger partial charge in [-0.3, -0.25) is 4.79 Å². The van der Waals surface area contributed by atoms with Crippen LogP contribution in [0.1, 0.15) is 27.0 Å². The molecule has 3 amide bonds. The highest BCUT2D eigenvalue weighted by atomic mass is 16.2. The molecule has 0 unspecified atom stereocenters. The van der Waals surface area contributed by atoms with Gasteiger partial charge in [-0.2, -0.15) is 5.26 Å². The average molecular weight is 374 g/mol. The summed E-state index contributed by atoms with van der Waals surface area (Å²) in [6, 6.07) is 17.1. The van der Waals surface area contributed by atoms with E-state index < -0.39 is 0 Å². The summed E-state index contributed by atoms with van der Waals surface area (Å²) >= 11 is 0.